The largest absolute Gasteiger partial charge is 0.493 e. The van der Waals surface area contributed by atoms with Gasteiger partial charge in [0.25, 0.3) is 0 Å². The number of nitrogens with zero attached hydrogens (tertiary/aromatic N) is 5. The highest BCUT2D eigenvalue weighted by atomic mass is 16.5. The highest BCUT2D eigenvalue weighted by molar-refractivity contribution is 5.45. The second-order valence-electron chi connectivity index (χ2n) is 9.36. The molecule has 2 aromatic carbocycles. The smallest absolute Gasteiger partial charge is 0.173 e. The van der Waals surface area contributed by atoms with E-state index in [2.05, 4.69) is 83.7 Å². The minimum absolute atomic E-state index is 0.0687. The summed E-state index contributed by atoms with van der Waals surface area (Å²) in [6, 6.07) is 16.9. The van der Waals surface area contributed by atoms with E-state index in [0.717, 1.165) is 37.3 Å². The molecule has 1 aromatic heterocycles. The van der Waals surface area contributed by atoms with Crippen LogP contribution in [0.3, 0.4) is 0 Å². The van der Waals surface area contributed by atoms with Crippen LogP contribution in [0.5, 0.6) is 11.5 Å². The van der Waals surface area contributed by atoms with Crippen LogP contribution in [0, 0.1) is 0 Å². The van der Waals surface area contributed by atoms with Crippen molar-refractivity contribution < 1.29 is 9.47 Å². The molecular formula is C25H33N5O2. The zero-order valence-electron chi connectivity index (χ0n) is 19.7. The van der Waals surface area contributed by atoms with Crippen LogP contribution in [-0.2, 0) is 5.54 Å². The van der Waals surface area contributed by atoms with E-state index in [0.29, 0.717) is 17.4 Å². The topological polar surface area (TPSA) is 65.3 Å². The fraction of sp³-hybridized carbons (Fsp3) is 0.480. The number of hydrogen-bond donors (Lipinski definition) is 0. The van der Waals surface area contributed by atoms with Crippen molar-refractivity contribution in [3.63, 3.8) is 0 Å². The zero-order chi connectivity index (χ0) is 22.7. The number of piperidine rings is 1. The molecule has 170 valence electrons. The second kappa shape index (κ2) is 9.28. The molecule has 32 heavy (non-hydrogen) atoms. The van der Waals surface area contributed by atoms with Crippen LogP contribution in [0.25, 0.3) is 0 Å². The molecular weight excluding hydrogens is 402 g/mol. The van der Waals surface area contributed by atoms with Gasteiger partial charge in [-0.1, -0.05) is 36.4 Å². The van der Waals surface area contributed by atoms with Crippen molar-refractivity contribution >= 4 is 0 Å². The van der Waals surface area contributed by atoms with E-state index in [-0.39, 0.29) is 11.6 Å². The van der Waals surface area contributed by atoms with E-state index in [4.69, 9.17) is 9.47 Å². The normalized spacial score (nSPS) is 16.7. The molecule has 0 bridgehead atoms. The molecule has 0 saturated carbocycles. The fourth-order valence-electron chi connectivity index (χ4n) is 4.60. The third kappa shape index (κ3) is 4.48. The number of hydrogen-bond acceptors (Lipinski definition) is 6. The lowest BCUT2D eigenvalue weighted by Crippen LogP contribution is -2.39. The molecule has 0 radical (unpaired) electrons. The van der Waals surface area contributed by atoms with Gasteiger partial charge in [0, 0.05) is 0 Å². The molecule has 7 nitrogen and oxygen atoms in total. The van der Waals surface area contributed by atoms with Crippen LogP contribution >= 0.6 is 0 Å². The standard InChI is InChI=1S/C25H33N5O2/c1-25(2,3)30-24(26-27-28-30)23(20-11-12-21(31-4)22(17-20)32-5)29-15-13-19(14-16-29)18-9-7-6-8-10-18/h6-12,17,19,23H,13-16H2,1-5H3/t23-/m1/s1. The van der Waals surface area contributed by atoms with Crippen molar-refractivity contribution in [1.29, 1.82) is 0 Å². The van der Waals surface area contributed by atoms with Gasteiger partial charge in [0.05, 0.1) is 25.8 Å². The molecule has 1 atom stereocenters. The van der Waals surface area contributed by atoms with Crippen LogP contribution in [0.1, 0.15) is 62.5 Å². The summed E-state index contributed by atoms with van der Waals surface area (Å²) in [6.45, 7) is 8.31. The minimum atomic E-state index is -0.226. The molecule has 1 saturated heterocycles. The Labute approximate surface area is 190 Å². The Kier molecular flexibility index (Phi) is 6.46. The first kappa shape index (κ1) is 22.3. The molecule has 1 aliphatic rings. The molecule has 0 N–H and O–H groups in total. The average Bonchev–Trinajstić information content (AvgIpc) is 3.30. The van der Waals surface area contributed by atoms with E-state index in [9.17, 15) is 0 Å². The summed E-state index contributed by atoms with van der Waals surface area (Å²) in [5.41, 5.74) is 2.30. The highest BCUT2D eigenvalue weighted by Crippen LogP contribution is 2.38. The summed E-state index contributed by atoms with van der Waals surface area (Å²) in [5.74, 6) is 2.86. The Morgan fingerprint density at radius 3 is 2.25 bits per heavy atom. The molecule has 4 rings (SSSR count). The number of aromatic nitrogens is 4. The van der Waals surface area contributed by atoms with Gasteiger partial charge in [0.15, 0.2) is 17.3 Å². The minimum Gasteiger partial charge on any atom is -0.493 e. The Morgan fingerprint density at radius 2 is 1.62 bits per heavy atom. The molecule has 7 heteroatoms. The van der Waals surface area contributed by atoms with E-state index < -0.39 is 0 Å². The van der Waals surface area contributed by atoms with Crippen LogP contribution in [0.4, 0.5) is 0 Å². The van der Waals surface area contributed by atoms with Gasteiger partial charge in [-0.05, 0) is 86.3 Å². The number of likely N-dealkylation sites (tertiary alicyclic amines) is 1. The van der Waals surface area contributed by atoms with Crippen LogP contribution in [0.2, 0.25) is 0 Å². The Bertz CT molecular complexity index is 1020. The Balaban J connectivity index is 1.69. The van der Waals surface area contributed by atoms with Gasteiger partial charge in [0.1, 0.15) is 0 Å². The number of tetrazole rings is 1. The average molecular weight is 436 g/mol. The number of benzene rings is 2. The van der Waals surface area contributed by atoms with Gasteiger partial charge in [-0.3, -0.25) is 4.90 Å². The molecule has 0 aliphatic carbocycles. The maximum atomic E-state index is 5.60. The lowest BCUT2D eigenvalue weighted by molar-refractivity contribution is 0.159. The molecule has 1 fully saturated rings. The first-order chi connectivity index (χ1) is 15.4. The maximum Gasteiger partial charge on any atom is 0.173 e. The van der Waals surface area contributed by atoms with Gasteiger partial charge in [-0.15, -0.1) is 5.10 Å². The highest BCUT2D eigenvalue weighted by Gasteiger charge is 2.34. The van der Waals surface area contributed by atoms with Crippen LogP contribution < -0.4 is 9.47 Å². The van der Waals surface area contributed by atoms with Crippen molar-refractivity contribution in [3.8, 4) is 11.5 Å². The molecule has 0 amide bonds. The van der Waals surface area contributed by atoms with Crippen LogP contribution in [0.15, 0.2) is 48.5 Å². The predicted octanol–water partition coefficient (Wildman–Crippen LogP) is 4.41. The summed E-state index contributed by atoms with van der Waals surface area (Å²) in [4.78, 5) is 2.49. The summed E-state index contributed by atoms with van der Waals surface area (Å²) in [7, 11) is 3.32. The van der Waals surface area contributed by atoms with Crippen molar-refractivity contribution in [2.45, 2.75) is 51.1 Å². The summed E-state index contributed by atoms with van der Waals surface area (Å²) < 4.78 is 13.0. The zero-order valence-corrected chi connectivity index (χ0v) is 19.7. The number of ether oxygens (including phenoxy) is 2. The molecule has 0 spiro atoms. The van der Waals surface area contributed by atoms with Crippen molar-refractivity contribution in [2.75, 3.05) is 27.3 Å². The van der Waals surface area contributed by atoms with Gasteiger partial charge in [0.2, 0.25) is 0 Å². The monoisotopic (exact) mass is 435 g/mol. The van der Waals surface area contributed by atoms with Crippen molar-refractivity contribution in [2.24, 2.45) is 0 Å². The Morgan fingerprint density at radius 1 is 0.938 bits per heavy atom. The lowest BCUT2D eigenvalue weighted by atomic mass is 9.88. The third-order valence-corrected chi connectivity index (χ3v) is 6.26. The summed E-state index contributed by atoms with van der Waals surface area (Å²) in [5, 5.41) is 12.9. The predicted molar refractivity (Wildman–Crippen MR) is 124 cm³/mol. The number of rotatable bonds is 6. The molecule has 2 heterocycles. The van der Waals surface area contributed by atoms with E-state index in [1.165, 1.54) is 5.56 Å². The molecule has 3 aromatic rings. The second-order valence-corrected chi connectivity index (χ2v) is 9.36. The molecule has 0 unspecified atom stereocenters. The van der Waals surface area contributed by atoms with Gasteiger partial charge in [-0.25, -0.2) is 4.68 Å². The molecule has 1 aliphatic heterocycles. The lowest BCUT2D eigenvalue weighted by Gasteiger charge is -2.38. The fourth-order valence-corrected chi connectivity index (χ4v) is 4.60. The van der Waals surface area contributed by atoms with Gasteiger partial charge >= 0.3 is 0 Å². The van der Waals surface area contributed by atoms with E-state index in [1.807, 2.05) is 10.7 Å². The Hall–Kier alpha value is -2.93. The summed E-state index contributed by atoms with van der Waals surface area (Å²) >= 11 is 0. The third-order valence-electron chi connectivity index (χ3n) is 6.26. The van der Waals surface area contributed by atoms with Gasteiger partial charge < -0.3 is 9.47 Å². The van der Waals surface area contributed by atoms with Crippen molar-refractivity contribution in [1.82, 2.24) is 25.1 Å². The SMILES string of the molecule is COc1ccc([C@H](c2nnnn2C(C)(C)C)N2CCC(c3ccccc3)CC2)cc1OC. The maximum absolute atomic E-state index is 5.60. The van der Waals surface area contributed by atoms with Gasteiger partial charge in [-0.2, -0.15) is 0 Å². The number of methoxy groups -OCH3 is 2. The summed E-state index contributed by atoms with van der Waals surface area (Å²) in [6.07, 6.45) is 2.20. The van der Waals surface area contributed by atoms with Crippen molar-refractivity contribution in [3.05, 3.63) is 65.5 Å². The first-order valence-electron chi connectivity index (χ1n) is 11.2. The van der Waals surface area contributed by atoms with Crippen LogP contribution in [-0.4, -0.2) is 52.4 Å². The van der Waals surface area contributed by atoms with E-state index >= 15 is 0 Å². The quantitative estimate of drug-likeness (QED) is 0.571. The first-order valence-corrected chi connectivity index (χ1v) is 11.2. The van der Waals surface area contributed by atoms with E-state index in [1.54, 1.807) is 14.2 Å².